The lowest BCUT2D eigenvalue weighted by Gasteiger charge is -2.08. The van der Waals surface area contributed by atoms with Crippen LogP contribution in [0.15, 0.2) is 53.1 Å². The van der Waals surface area contributed by atoms with Crippen molar-refractivity contribution >= 4 is 0 Å². The third-order valence-electron chi connectivity index (χ3n) is 4.23. The van der Waals surface area contributed by atoms with Gasteiger partial charge in [0.05, 0.1) is 6.42 Å². The van der Waals surface area contributed by atoms with E-state index in [-0.39, 0.29) is 0 Å². The van der Waals surface area contributed by atoms with Crippen LogP contribution in [0.1, 0.15) is 35.3 Å². The second-order valence-corrected chi connectivity index (χ2v) is 6.60. The van der Waals surface area contributed by atoms with E-state index in [2.05, 4.69) is 47.5 Å². The number of aryl methyl sites for hydroxylation is 1. The zero-order valence-corrected chi connectivity index (χ0v) is 15.5. The molecule has 0 amide bonds. The molecule has 0 aliphatic rings. The highest BCUT2D eigenvalue weighted by atomic mass is 16.5. The summed E-state index contributed by atoms with van der Waals surface area (Å²) in [7, 11) is 1.92. The van der Waals surface area contributed by atoms with E-state index in [0.717, 1.165) is 29.1 Å². The minimum Gasteiger partial charge on any atom is -0.489 e. The summed E-state index contributed by atoms with van der Waals surface area (Å²) in [4.78, 5) is 4.47. The van der Waals surface area contributed by atoms with Crippen LogP contribution < -0.4 is 10.1 Å². The van der Waals surface area contributed by atoms with Crippen molar-refractivity contribution in [1.82, 2.24) is 15.5 Å². The summed E-state index contributed by atoms with van der Waals surface area (Å²) >= 11 is 0. The van der Waals surface area contributed by atoms with Crippen molar-refractivity contribution in [2.75, 3.05) is 7.05 Å². The summed E-state index contributed by atoms with van der Waals surface area (Å²) in [6, 6.07) is 16.7. The fraction of sp³-hybridized carbons (Fsp3) is 0.333. The van der Waals surface area contributed by atoms with Crippen LogP contribution in [0.3, 0.4) is 0 Å². The molecule has 1 aromatic heterocycles. The zero-order valence-electron chi connectivity index (χ0n) is 15.5. The predicted molar refractivity (Wildman–Crippen MR) is 101 cm³/mol. The molecular weight excluding hydrogens is 326 g/mol. The fourth-order valence-corrected chi connectivity index (χ4v) is 2.71. The smallest absolute Gasteiger partial charge is 0.231 e. The minimum absolute atomic E-state index is 0.318. The maximum atomic E-state index is 5.92. The van der Waals surface area contributed by atoms with Crippen LogP contribution in [0, 0.1) is 6.92 Å². The molecule has 0 bridgehead atoms. The summed E-state index contributed by atoms with van der Waals surface area (Å²) in [5.74, 6) is 2.19. The lowest BCUT2D eigenvalue weighted by atomic mass is 10.1. The SMILES string of the molecule is CNC(C)Cc1noc(Cc2cccc(OCc3cccc(C)c3)c2)n1. The molecule has 5 nitrogen and oxygen atoms in total. The molecule has 26 heavy (non-hydrogen) atoms. The highest BCUT2D eigenvalue weighted by Crippen LogP contribution is 2.18. The number of likely N-dealkylation sites (N-methyl/N-ethyl adjacent to an activating group) is 1. The van der Waals surface area contributed by atoms with Crippen molar-refractivity contribution < 1.29 is 9.26 Å². The van der Waals surface area contributed by atoms with Crippen LogP contribution in [0.5, 0.6) is 5.75 Å². The van der Waals surface area contributed by atoms with Gasteiger partial charge < -0.3 is 14.6 Å². The minimum atomic E-state index is 0.318. The number of nitrogens with one attached hydrogen (secondary N) is 1. The Hall–Kier alpha value is -2.66. The second-order valence-electron chi connectivity index (χ2n) is 6.60. The van der Waals surface area contributed by atoms with Gasteiger partial charge in [-0.1, -0.05) is 47.1 Å². The Bertz CT molecular complexity index is 845. The number of aromatic nitrogens is 2. The molecule has 3 rings (SSSR count). The van der Waals surface area contributed by atoms with E-state index < -0.39 is 0 Å². The lowest BCUT2D eigenvalue weighted by molar-refractivity contribution is 0.305. The number of hydrogen-bond donors (Lipinski definition) is 1. The first-order chi connectivity index (χ1) is 12.6. The highest BCUT2D eigenvalue weighted by Gasteiger charge is 2.10. The Balaban J connectivity index is 1.60. The van der Waals surface area contributed by atoms with E-state index >= 15 is 0 Å². The van der Waals surface area contributed by atoms with Crippen molar-refractivity contribution in [1.29, 1.82) is 0 Å². The van der Waals surface area contributed by atoms with Crippen molar-refractivity contribution in [3.8, 4) is 5.75 Å². The molecule has 2 aromatic carbocycles. The maximum Gasteiger partial charge on any atom is 0.231 e. The van der Waals surface area contributed by atoms with E-state index in [9.17, 15) is 0 Å². The van der Waals surface area contributed by atoms with E-state index in [1.807, 2.05) is 37.4 Å². The van der Waals surface area contributed by atoms with Gasteiger partial charge in [0.1, 0.15) is 12.4 Å². The summed E-state index contributed by atoms with van der Waals surface area (Å²) in [6.45, 7) is 4.73. The summed E-state index contributed by atoms with van der Waals surface area (Å²) < 4.78 is 11.3. The fourth-order valence-electron chi connectivity index (χ4n) is 2.71. The van der Waals surface area contributed by atoms with Crippen molar-refractivity contribution in [2.24, 2.45) is 0 Å². The lowest BCUT2D eigenvalue weighted by Crippen LogP contribution is -2.24. The van der Waals surface area contributed by atoms with Crippen LogP contribution in [0.4, 0.5) is 0 Å². The Kier molecular flexibility index (Phi) is 6.02. The molecule has 0 radical (unpaired) electrons. The Morgan fingerprint density at radius 3 is 2.73 bits per heavy atom. The van der Waals surface area contributed by atoms with E-state index in [1.54, 1.807) is 0 Å². The molecule has 0 aliphatic heterocycles. The zero-order chi connectivity index (χ0) is 18.4. The van der Waals surface area contributed by atoms with Gasteiger partial charge in [-0.3, -0.25) is 0 Å². The number of ether oxygens (including phenoxy) is 1. The third kappa shape index (κ3) is 5.17. The molecule has 0 saturated heterocycles. The van der Waals surface area contributed by atoms with Crippen LogP contribution in [0.2, 0.25) is 0 Å². The molecule has 5 heteroatoms. The van der Waals surface area contributed by atoms with Crippen molar-refractivity contribution in [3.63, 3.8) is 0 Å². The molecule has 0 fully saturated rings. The summed E-state index contributed by atoms with van der Waals surface area (Å²) in [5.41, 5.74) is 3.49. The largest absolute Gasteiger partial charge is 0.489 e. The van der Waals surface area contributed by atoms with Crippen LogP contribution in [-0.2, 0) is 19.4 Å². The van der Waals surface area contributed by atoms with Gasteiger partial charge in [0.25, 0.3) is 0 Å². The predicted octanol–water partition coefficient (Wildman–Crippen LogP) is 3.70. The van der Waals surface area contributed by atoms with Crippen molar-refractivity contribution in [2.45, 2.75) is 39.3 Å². The molecule has 0 saturated carbocycles. The summed E-state index contributed by atoms with van der Waals surface area (Å²) in [5, 5.41) is 7.22. The Labute approximate surface area is 154 Å². The molecule has 0 spiro atoms. The van der Waals surface area contributed by atoms with E-state index in [4.69, 9.17) is 9.26 Å². The average molecular weight is 351 g/mol. The van der Waals surface area contributed by atoms with Crippen molar-refractivity contribution in [3.05, 3.63) is 76.9 Å². The van der Waals surface area contributed by atoms with Crippen LogP contribution >= 0.6 is 0 Å². The maximum absolute atomic E-state index is 5.92. The van der Waals surface area contributed by atoms with Gasteiger partial charge in [-0.15, -0.1) is 0 Å². The average Bonchev–Trinajstić information content (AvgIpc) is 3.07. The van der Waals surface area contributed by atoms with Crippen LogP contribution in [0.25, 0.3) is 0 Å². The molecule has 1 N–H and O–H groups in total. The first kappa shape index (κ1) is 18.1. The molecule has 0 aliphatic carbocycles. The van der Waals surface area contributed by atoms with Gasteiger partial charge in [0.15, 0.2) is 5.82 Å². The molecular formula is C21H25N3O2. The number of hydrogen-bond acceptors (Lipinski definition) is 5. The first-order valence-electron chi connectivity index (χ1n) is 8.88. The molecule has 136 valence electrons. The first-order valence-corrected chi connectivity index (χ1v) is 8.88. The van der Waals surface area contributed by atoms with E-state index in [0.29, 0.717) is 25.0 Å². The quantitative estimate of drug-likeness (QED) is 0.670. The number of rotatable bonds is 8. The van der Waals surface area contributed by atoms with Gasteiger partial charge in [0, 0.05) is 12.5 Å². The van der Waals surface area contributed by atoms with Gasteiger partial charge in [0.2, 0.25) is 5.89 Å². The van der Waals surface area contributed by atoms with Gasteiger partial charge in [-0.25, -0.2) is 0 Å². The Morgan fingerprint density at radius 1 is 1.12 bits per heavy atom. The monoisotopic (exact) mass is 351 g/mol. The number of nitrogens with zero attached hydrogens (tertiary/aromatic N) is 2. The standard InChI is InChI=1S/C21H25N3O2/c1-15-6-4-8-18(10-15)14-25-19-9-5-7-17(12-19)13-21-23-20(24-26-21)11-16(2)22-3/h4-10,12,16,22H,11,13-14H2,1-3H3. The molecule has 1 heterocycles. The molecule has 3 aromatic rings. The topological polar surface area (TPSA) is 60.2 Å². The van der Waals surface area contributed by atoms with Gasteiger partial charge in [-0.2, -0.15) is 4.98 Å². The second kappa shape index (κ2) is 8.63. The third-order valence-corrected chi connectivity index (χ3v) is 4.23. The number of benzene rings is 2. The molecule has 1 atom stereocenters. The molecule has 1 unspecified atom stereocenters. The van der Waals surface area contributed by atoms with Crippen LogP contribution in [-0.4, -0.2) is 23.2 Å². The normalized spacial score (nSPS) is 12.1. The summed E-state index contributed by atoms with van der Waals surface area (Å²) in [6.07, 6.45) is 1.35. The Morgan fingerprint density at radius 2 is 1.92 bits per heavy atom. The van der Waals surface area contributed by atoms with E-state index in [1.165, 1.54) is 5.56 Å². The highest BCUT2D eigenvalue weighted by molar-refractivity contribution is 5.30. The van der Waals surface area contributed by atoms with Gasteiger partial charge in [-0.05, 0) is 44.2 Å². The van der Waals surface area contributed by atoms with Gasteiger partial charge >= 0.3 is 0 Å².